The average molecular weight is 492 g/mol. The van der Waals surface area contributed by atoms with E-state index in [-0.39, 0.29) is 17.8 Å². The number of fused-ring (bicyclic) bond motifs is 3. The Morgan fingerprint density at radius 1 is 1.23 bits per heavy atom. The summed E-state index contributed by atoms with van der Waals surface area (Å²) in [5, 5.41) is 19.7. The fourth-order valence-electron chi connectivity index (χ4n) is 5.15. The fraction of sp³-hybridized carbons (Fsp3) is 0.333. The van der Waals surface area contributed by atoms with E-state index < -0.39 is 0 Å². The summed E-state index contributed by atoms with van der Waals surface area (Å²) >= 11 is 6.53. The minimum atomic E-state index is -0.132. The highest BCUT2D eigenvalue weighted by atomic mass is 35.5. The normalized spacial score (nSPS) is 21.4. The SMILES string of the molecule is Cn1ncc(-c2ccc(C(=O)N(c3ncccc3Cl)[C@H]3CN4CCC3CC4)cc2)c1C(=N)N=NN. The van der Waals surface area contributed by atoms with Crippen LogP contribution in [0.15, 0.2) is 59.1 Å². The standard InChI is InChI=1S/C24H26ClN9O/c1-32-21(22(26)30-31-27)18(13-29-32)15-4-6-17(7-5-15)24(35)34(23-19(25)3-2-10-28-23)20-14-33-11-8-16(20)9-12-33/h2-7,10,13,16,20H,8-9,11-12,14H2,1H3,(H3,26,27,30)/t20-/m0/s1. The van der Waals surface area contributed by atoms with Gasteiger partial charge in [0.15, 0.2) is 11.7 Å². The Morgan fingerprint density at radius 3 is 2.60 bits per heavy atom. The number of carbonyl (C=O) groups excluding carboxylic acids is 1. The molecular weight excluding hydrogens is 466 g/mol. The molecule has 1 aromatic carbocycles. The highest BCUT2D eigenvalue weighted by Gasteiger charge is 2.41. The molecule has 10 nitrogen and oxygen atoms in total. The van der Waals surface area contributed by atoms with Crippen LogP contribution in [0.25, 0.3) is 11.1 Å². The van der Waals surface area contributed by atoms with Crippen molar-refractivity contribution in [3.63, 3.8) is 0 Å². The third-order valence-corrected chi connectivity index (χ3v) is 7.20. The molecule has 2 bridgehead atoms. The summed E-state index contributed by atoms with van der Waals surface area (Å²) < 4.78 is 1.55. The van der Waals surface area contributed by atoms with Gasteiger partial charge in [0.2, 0.25) is 0 Å². The lowest BCUT2D eigenvalue weighted by atomic mass is 9.83. The van der Waals surface area contributed by atoms with E-state index in [4.69, 9.17) is 22.9 Å². The third-order valence-electron chi connectivity index (χ3n) is 6.90. The first-order valence-corrected chi connectivity index (χ1v) is 11.8. The van der Waals surface area contributed by atoms with Crippen molar-refractivity contribution in [2.75, 3.05) is 24.5 Å². The molecule has 6 rings (SSSR count). The van der Waals surface area contributed by atoms with E-state index in [2.05, 4.69) is 25.3 Å². The van der Waals surface area contributed by atoms with E-state index in [1.165, 1.54) is 0 Å². The number of hydrogen-bond donors (Lipinski definition) is 2. The Morgan fingerprint density at radius 2 is 1.97 bits per heavy atom. The number of amidine groups is 1. The highest BCUT2D eigenvalue weighted by Crippen LogP contribution is 2.36. The number of carbonyl (C=O) groups is 1. The Hall–Kier alpha value is -3.63. The van der Waals surface area contributed by atoms with Gasteiger partial charge in [-0.2, -0.15) is 5.10 Å². The lowest BCUT2D eigenvalue weighted by Gasteiger charge is -2.48. The van der Waals surface area contributed by atoms with Crippen LogP contribution in [0.3, 0.4) is 0 Å². The van der Waals surface area contributed by atoms with Crippen molar-refractivity contribution in [3.05, 3.63) is 65.1 Å². The molecule has 35 heavy (non-hydrogen) atoms. The highest BCUT2D eigenvalue weighted by molar-refractivity contribution is 6.33. The van der Waals surface area contributed by atoms with Gasteiger partial charge in [-0.3, -0.25) is 19.8 Å². The maximum absolute atomic E-state index is 13.9. The van der Waals surface area contributed by atoms with E-state index in [1.54, 1.807) is 53.3 Å². The summed E-state index contributed by atoms with van der Waals surface area (Å²) in [5.74, 6) is 5.81. The molecule has 2 aromatic heterocycles. The number of aromatic nitrogens is 3. The van der Waals surface area contributed by atoms with E-state index in [0.29, 0.717) is 33.6 Å². The van der Waals surface area contributed by atoms with Gasteiger partial charge < -0.3 is 10.7 Å². The van der Waals surface area contributed by atoms with Crippen LogP contribution in [0, 0.1) is 11.3 Å². The molecule has 3 aliphatic heterocycles. The number of rotatable bonds is 5. The number of piperidine rings is 3. The number of pyridine rings is 1. The lowest BCUT2D eigenvalue weighted by molar-refractivity contribution is 0.0731. The zero-order chi connectivity index (χ0) is 24.5. The summed E-state index contributed by atoms with van der Waals surface area (Å²) in [6, 6.07) is 10.8. The predicted molar refractivity (Wildman–Crippen MR) is 134 cm³/mol. The van der Waals surface area contributed by atoms with Gasteiger partial charge in [0, 0.05) is 30.9 Å². The first-order chi connectivity index (χ1) is 17.0. The van der Waals surface area contributed by atoms with Gasteiger partial charge in [-0.15, -0.1) is 5.11 Å². The number of benzene rings is 1. The number of nitrogens with one attached hydrogen (secondary N) is 1. The van der Waals surface area contributed by atoms with Crippen molar-refractivity contribution in [3.8, 4) is 11.1 Å². The van der Waals surface area contributed by atoms with Gasteiger partial charge in [0.05, 0.1) is 17.3 Å². The zero-order valence-electron chi connectivity index (χ0n) is 19.3. The van der Waals surface area contributed by atoms with Crippen LogP contribution in [0.1, 0.15) is 28.9 Å². The summed E-state index contributed by atoms with van der Waals surface area (Å²) in [5.41, 5.74) is 2.51. The molecular formula is C24H26ClN9O. The minimum absolute atomic E-state index is 0.0177. The summed E-state index contributed by atoms with van der Waals surface area (Å²) in [4.78, 5) is 22.6. The molecule has 1 atom stereocenters. The number of nitrogens with zero attached hydrogens (tertiary/aromatic N) is 7. The predicted octanol–water partition coefficient (Wildman–Crippen LogP) is 3.53. The zero-order valence-corrected chi connectivity index (χ0v) is 20.1. The second kappa shape index (κ2) is 9.55. The Balaban J connectivity index is 1.49. The number of hydrogen-bond acceptors (Lipinski definition) is 6. The second-order valence-electron chi connectivity index (χ2n) is 8.86. The van der Waals surface area contributed by atoms with Crippen LogP contribution in [0.5, 0.6) is 0 Å². The molecule has 3 aliphatic rings. The number of anilines is 1. The van der Waals surface area contributed by atoms with Crippen molar-refractivity contribution in [1.29, 1.82) is 5.41 Å². The molecule has 11 heteroatoms. The number of amides is 1. The van der Waals surface area contributed by atoms with Crippen LogP contribution in [0.2, 0.25) is 5.02 Å². The summed E-state index contributed by atoms with van der Waals surface area (Å²) in [6.07, 6.45) is 5.45. The first-order valence-electron chi connectivity index (χ1n) is 11.5. The van der Waals surface area contributed by atoms with E-state index in [1.807, 2.05) is 12.1 Å². The van der Waals surface area contributed by atoms with Crippen molar-refractivity contribution >= 4 is 29.2 Å². The molecule has 0 spiro atoms. The van der Waals surface area contributed by atoms with Gasteiger partial charge in [0.1, 0.15) is 5.69 Å². The molecule has 3 fully saturated rings. The molecule has 1 amide bonds. The van der Waals surface area contributed by atoms with Crippen LogP contribution >= 0.6 is 11.6 Å². The molecule has 5 heterocycles. The van der Waals surface area contributed by atoms with Crippen molar-refractivity contribution in [2.45, 2.75) is 18.9 Å². The van der Waals surface area contributed by atoms with E-state index >= 15 is 0 Å². The van der Waals surface area contributed by atoms with Crippen LogP contribution < -0.4 is 10.7 Å². The van der Waals surface area contributed by atoms with Gasteiger partial charge in [-0.1, -0.05) is 29.0 Å². The fourth-order valence-corrected chi connectivity index (χ4v) is 5.36. The molecule has 0 aliphatic carbocycles. The van der Waals surface area contributed by atoms with Gasteiger partial charge in [0.25, 0.3) is 5.91 Å². The lowest BCUT2D eigenvalue weighted by Crippen LogP contribution is -2.59. The molecule has 0 radical (unpaired) electrons. The molecule has 180 valence electrons. The van der Waals surface area contributed by atoms with E-state index in [0.717, 1.165) is 38.0 Å². The summed E-state index contributed by atoms with van der Waals surface area (Å²) in [6.45, 7) is 2.96. The maximum Gasteiger partial charge on any atom is 0.259 e. The third kappa shape index (κ3) is 4.30. The number of halogens is 1. The maximum atomic E-state index is 13.9. The molecule has 3 saturated heterocycles. The van der Waals surface area contributed by atoms with Crippen molar-refractivity contribution in [2.24, 2.45) is 29.1 Å². The minimum Gasteiger partial charge on any atom is -0.305 e. The average Bonchev–Trinajstić information content (AvgIpc) is 3.27. The Labute approximate surface area is 207 Å². The summed E-state index contributed by atoms with van der Waals surface area (Å²) in [7, 11) is 1.72. The van der Waals surface area contributed by atoms with Gasteiger partial charge in [-0.25, -0.2) is 4.98 Å². The van der Waals surface area contributed by atoms with Gasteiger partial charge in [-0.05, 0) is 61.7 Å². The Bertz CT molecular complexity index is 1280. The first kappa shape index (κ1) is 23.1. The Kier molecular flexibility index (Phi) is 6.31. The smallest absolute Gasteiger partial charge is 0.259 e. The quantitative estimate of drug-likeness (QED) is 0.185. The van der Waals surface area contributed by atoms with E-state index in [9.17, 15) is 4.79 Å². The largest absolute Gasteiger partial charge is 0.305 e. The molecule has 3 aromatic rings. The van der Waals surface area contributed by atoms with Crippen LogP contribution in [-0.2, 0) is 7.05 Å². The molecule has 0 unspecified atom stereocenters. The molecule has 0 saturated carbocycles. The van der Waals surface area contributed by atoms with Crippen LogP contribution in [-0.4, -0.2) is 57.1 Å². The topological polar surface area (TPSA) is 129 Å². The van der Waals surface area contributed by atoms with Crippen molar-refractivity contribution < 1.29 is 4.79 Å². The second-order valence-corrected chi connectivity index (χ2v) is 9.27. The number of aryl methyl sites for hydroxylation is 1. The monoisotopic (exact) mass is 491 g/mol. The van der Waals surface area contributed by atoms with Crippen molar-refractivity contribution in [1.82, 2.24) is 19.7 Å². The van der Waals surface area contributed by atoms with Crippen LogP contribution in [0.4, 0.5) is 5.82 Å². The number of nitrogens with two attached hydrogens (primary N) is 1. The van der Waals surface area contributed by atoms with Gasteiger partial charge >= 0.3 is 0 Å². The molecule has 3 N–H and O–H groups in total.